The highest BCUT2D eigenvalue weighted by molar-refractivity contribution is 7.86. The predicted molar refractivity (Wildman–Crippen MR) is 196 cm³/mol. The predicted octanol–water partition coefficient (Wildman–Crippen LogP) is 3.43. The van der Waals surface area contributed by atoms with Gasteiger partial charge in [0.15, 0.2) is 6.79 Å². The summed E-state index contributed by atoms with van der Waals surface area (Å²) < 4.78 is 86.1. The van der Waals surface area contributed by atoms with Crippen molar-refractivity contribution in [2.24, 2.45) is 0 Å². The van der Waals surface area contributed by atoms with E-state index in [9.17, 15) is 45.6 Å². The van der Waals surface area contributed by atoms with Crippen LogP contribution in [0.3, 0.4) is 0 Å². The van der Waals surface area contributed by atoms with Gasteiger partial charge in [0.2, 0.25) is 13.6 Å². The summed E-state index contributed by atoms with van der Waals surface area (Å²) >= 11 is 0. The molecule has 0 bridgehead atoms. The van der Waals surface area contributed by atoms with Gasteiger partial charge in [-0.2, -0.15) is 16.8 Å². The molecule has 0 heterocycles. The zero-order chi connectivity index (χ0) is 44.0. The van der Waals surface area contributed by atoms with Gasteiger partial charge in [0.05, 0.1) is 31.3 Å². The van der Waals surface area contributed by atoms with E-state index >= 15 is 0 Å². The first-order valence-corrected chi connectivity index (χ1v) is 19.8. The van der Waals surface area contributed by atoms with Crippen LogP contribution in [0.2, 0.25) is 0 Å². The molecule has 0 aliphatic carbocycles. The van der Waals surface area contributed by atoms with Crippen LogP contribution in [0.15, 0.2) is 0 Å². The van der Waals surface area contributed by atoms with Crippen LogP contribution in [0.5, 0.6) is 0 Å². The van der Waals surface area contributed by atoms with Crippen molar-refractivity contribution in [1.82, 2.24) is 0 Å². The van der Waals surface area contributed by atoms with Crippen molar-refractivity contribution in [3.8, 4) is 0 Å². The molecule has 0 aromatic carbocycles. The Morgan fingerprint density at radius 2 is 0.759 bits per heavy atom. The molecule has 0 radical (unpaired) electrons. The maximum atomic E-state index is 10.6. The average Bonchev–Trinajstić information content (AvgIpc) is 3.09. The SMILES string of the molecule is CCC(=O)OCOC(C)=O.CCOC.CCOC(=O)CC.CCOC(C)=O.CCOCOC(C)=O.CCOS(=O)(=O)CC.CCS(=O)(=O)OCOC(C)=O. The monoisotopic (exact) mass is 834 g/mol. The average molecular weight is 835 g/mol. The first-order valence-electron chi connectivity index (χ1n) is 16.7. The van der Waals surface area contributed by atoms with Crippen molar-refractivity contribution >= 4 is 56.1 Å². The Labute approximate surface area is 322 Å². The Hall–Kier alpha value is -3.44. The summed E-state index contributed by atoms with van der Waals surface area (Å²) in [5.74, 6) is -2.12. The van der Waals surface area contributed by atoms with Gasteiger partial charge in [-0.05, 0) is 48.5 Å². The Kier molecular flexibility index (Phi) is 60.1. The lowest BCUT2D eigenvalue weighted by Crippen LogP contribution is -2.12. The second-order valence-electron chi connectivity index (χ2n) is 8.50. The zero-order valence-corrected chi connectivity index (χ0v) is 36.1. The lowest BCUT2D eigenvalue weighted by Gasteiger charge is -2.01. The van der Waals surface area contributed by atoms with E-state index in [4.69, 9.17) is 4.74 Å². The molecule has 0 amide bonds. The highest BCUT2D eigenvalue weighted by Crippen LogP contribution is 1.92. The van der Waals surface area contributed by atoms with Gasteiger partial charge in [0.1, 0.15) is 0 Å². The van der Waals surface area contributed by atoms with Crippen LogP contribution in [-0.4, -0.2) is 125 Å². The van der Waals surface area contributed by atoms with E-state index in [0.29, 0.717) is 32.7 Å². The summed E-state index contributed by atoms with van der Waals surface area (Å²) in [5, 5.41) is 0. The minimum atomic E-state index is -3.49. The summed E-state index contributed by atoms with van der Waals surface area (Å²) in [4.78, 5) is 60.6. The van der Waals surface area contributed by atoms with Crippen molar-refractivity contribution < 1.29 is 91.9 Å². The van der Waals surface area contributed by atoms with Crippen LogP contribution < -0.4 is 0 Å². The molecule has 0 N–H and O–H groups in total. The molecule has 54 heavy (non-hydrogen) atoms. The van der Waals surface area contributed by atoms with Crippen LogP contribution in [0.4, 0.5) is 0 Å². The topological polar surface area (TPSA) is 263 Å². The van der Waals surface area contributed by atoms with Gasteiger partial charge in [-0.3, -0.25) is 33.0 Å². The molecule has 0 spiro atoms. The Bertz CT molecular complexity index is 1120. The number of hydrogen-bond acceptors (Lipinski definition) is 20. The highest BCUT2D eigenvalue weighted by atomic mass is 32.2. The standard InChI is InChI=1S/C6H10O4.C5H10O5S.C5H10O3.C5H10O2.C4H10O3S.C4H8O2.C3H8O/c1-3-6(8)10-4-9-5(2)7;1-3-11(7,8)10-4-9-5(2)6;1-3-7-4-8-5(2)6;1-3-5(6)7-4-2;1-3-7-8(5,6)4-2;1-3-6-4(2)5;1-3-4-2/h3-4H2,1-2H3;3-4H2,1-2H3;3-4H2,1-2H3;3-4H2,1-2H3;3-4H2,1-2H3;3H2,1-2H3;3H2,1-2H3. The molecule has 0 atom stereocenters. The minimum absolute atomic E-state index is 0.0564. The van der Waals surface area contributed by atoms with Gasteiger partial charge < -0.3 is 37.9 Å². The molecule has 0 saturated heterocycles. The normalized spacial score (nSPS) is 9.37. The number of hydrogen-bond donors (Lipinski definition) is 0. The van der Waals surface area contributed by atoms with Crippen molar-refractivity contribution in [3.63, 3.8) is 0 Å². The summed E-state index contributed by atoms with van der Waals surface area (Å²) in [6.45, 7) is 22.5. The molecule has 0 aromatic rings. The van der Waals surface area contributed by atoms with Gasteiger partial charge >= 0.3 is 35.8 Å². The molecular formula is C32H66O20S2. The van der Waals surface area contributed by atoms with E-state index < -0.39 is 39.0 Å². The molecule has 0 fully saturated rings. The van der Waals surface area contributed by atoms with Gasteiger partial charge in [-0.25, -0.2) is 4.18 Å². The van der Waals surface area contributed by atoms with Crippen LogP contribution in [0.25, 0.3) is 0 Å². The fourth-order valence-electron chi connectivity index (χ4n) is 1.48. The van der Waals surface area contributed by atoms with Crippen molar-refractivity contribution in [2.75, 3.05) is 72.0 Å². The maximum Gasteiger partial charge on any atom is 0.308 e. The van der Waals surface area contributed by atoms with E-state index in [1.54, 1.807) is 48.7 Å². The fourth-order valence-corrected chi connectivity index (χ4v) is 2.37. The maximum absolute atomic E-state index is 10.6. The molecule has 0 unspecified atom stereocenters. The van der Waals surface area contributed by atoms with Crippen LogP contribution >= 0.6 is 0 Å². The van der Waals surface area contributed by atoms with E-state index in [1.807, 2.05) is 13.8 Å². The van der Waals surface area contributed by atoms with E-state index in [2.05, 4.69) is 41.5 Å². The molecule has 326 valence electrons. The number of carbonyl (C=O) groups excluding carboxylic acids is 6. The lowest BCUT2D eigenvalue weighted by atomic mass is 10.5. The van der Waals surface area contributed by atoms with E-state index in [1.165, 1.54) is 34.6 Å². The summed E-state index contributed by atoms with van der Waals surface area (Å²) in [7, 11) is -4.98. The summed E-state index contributed by atoms with van der Waals surface area (Å²) in [6.07, 6.45) is 0.773. The van der Waals surface area contributed by atoms with Crippen LogP contribution in [0, 0.1) is 0 Å². The summed E-state index contributed by atoms with van der Waals surface area (Å²) in [6, 6.07) is 0. The first-order chi connectivity index (χ1) is 25.0. The molecule has 22 heteroatoms. The lowest BCUT2D eigenvalue weighted by molar-refractivity contribution is -0.165. The van der Waals surface area contributed by atoms with Crippen molar-refractivity contribution in [2.45, 2.75) is 103 Å². The van der Waals surface area contributed by atoms with Gasteiger partial charge in [-0.1, -0.05) is 13.8 Å². The fraction of sp³-hybridized carbons (Fsp3) is 0.812. The third-order valence-electron chi connectivity index (χ3n) is 4.05. The molecule has 0 saturated carbocycles. The smallest absolute Gasteiger partial charge is 0.308 e. The summed E-state index contributed by atoms with van der Waals surface area (Å²) in [5.41, 5.74) is 0. The van der Waals surface area contributed by atoms with Gasteiger partial charge in [0.25, 0.3) is 20.2 Å². The van der Waals surface area contributed by atoms with Gasteiger partial charge in [0, 0.05) is 60.9 Å². The van der Waals surface area contributed by atoms with Crippen molar-refractivity contribution in [3.05, 3.63) is 0 Å². The third-order valence-corrected chi connectivity index (χ3v) is 6.51. The number of methoxy groups -OCH3 is 1. The molecule has 0 aliphatic heterocycles. The van der Waals surface area contributed by atoms with E-state index in [-0.39, 0.29) is 55.6 Å². The number of esters is 6. The van der Waals surface area contributed by atoms with Crippen molar-refractivity contribution in [1.29, 1.82) is 0 Å². The number of rotatable bonds is 17. The van der Waals surface area contributed by atoms with Crippen LogP contribution in [-0.2, 0) is 95.3 Å². The minimum Gasteiger partial charge on any atom is -0.466 e. The Morgan fingerprint density at radius 1 is 0.407 bits per heavy atom. The molecule has 20 nitrogen and oxygen atoms in total. The Morgan fingerprint density at radius 3 is 1.00 bits per heavy atom. The quantitative estimate of drug-likeness (QED) is 0.0668. The highest BCUT2D eigenvalue weighted by Gasteiger charge is 2.07. The second-order valence-corrected chi connectivity index (χ2v) is 12.4. The number of carbonyl (C=O) groups is 6. The molecule has 0 aliphatic rings. The van der Waals surface area contributed by atoms with Crippen LogP contribution in [0.1, 0.15) is 103 Å². The second kappa shape index (κ2) is 49.6. The Balaban J connectivity index is -0.0000000971. The molecule has 0 rings (SSSR count). The third kappa shape index (κ3) is 86.9. The largest absolute Gasteiger partial charge is 0.466 e. The van der Waals surface area contributed by atoms with Gasteiger partial charge in [-0.15, -0.1) is 0 Å². The van der Waals surface area contributed by atoms with E-state index in [0.717, 1.165) is 6.61 Å². The zero-order valence-electron chi connectivity index (χ0n) is 34.5. The number of ether oxygens (including phenoxy) is 8. The molecule has 0 aromatic heterocycles. The molecular weight excluding hydrogens is 768 g/mol. The first kappa shape index (κ1) is 65.4.